The number of halogens is 2. The van der Waals surface area contributed by atoms with E-state index in [4.69, 9.17) is 28.0 Å². The zero-order chi connectivity index (χ0) is 12.1. The van der Waals surface area contributed by atoms with E-state index in [1.807, 2.05) is 13.8 Å². The lowest BCUT2D eigenvalue weighted by Gasteiger charge is -2.07. The van der Waals surface area contributed by atoms with Gasteiger partial charge in [0.05, 0.1) is 17.2 Å². The molecular formula is C10H12Cl2N2O2. The van der Waals surface area contributed by atoms with Crippen LogP contribution in [0.1, 0.15) is 24.2 Å². The molecule has 1 N–H and O–H groups in total. The molecule has 1 aromatic rings. The van der Waals surface area contributed by atoms with Crippen LogP contribution in [0.3, 0.4) is 0 Å². The van der Waals surface area contributed by atoms with Crippen molar-refractivity contribution >= 4 is 29.1 Å². The summed E-state index contributed by atoms with van der Waals surface area (Å²) < 4.78 is 0. The maximum Gasteiger partial charge on any atom is 0.276 e. The van der Waals surface area contributed by atoms with Crippen molar-refractivity contribution in [2.45, 2.75) is 13.8 Å². The van der Waals surface area contributed by atoms with Crippen LogP contribution >= 0.6 is 23.2 Å². The molecule has 0 fully saturated rings. The Kier molecular flexibility index (Phi) is 4.99. The van der Waals surface area contributed by atoms with Crippen LogP contribution in [-0.4, -0.2) is 17.5 Å². The van der Waals surface area contributed by atoms with E-state index in [0.717, 1.165) is 0 Å². The van der Waals surface area contributed by atoms with Crippen LogP contribution in [0, 0.1) is 5.92 Å². The van der Waals surface area contributed by atoms with E-state index >= 15 is 0 Å². The first kappa shape index (κ1) is 13.2. The molecule has 0 bridgehead atoms. The van der Waals surface area contributed by atoms with Crippen molar-refractivity contribution in [2.75, 3.05) is 6.61 Å². The van der Waals surface area contributed by atoms with Gasteiger partial charge in [-0.05, 0) is 12.0 Å². The number of carbonyl (C=O) groups is 1. The van der Waals surface area contributed by atoms with E-state index in [1.54, 1.807) is 0 Å². The van der Waals surface area contributed by atoms with Crippen molar-refractivity contribution in [3.8, 4) is 0 Å². The lowest BCUT2D eigenvalue weighted by atomic mass is 10.2. The van der Waals surface area contributed by atoms with Crippen molar-refractivity contribution < 1.29 is 9.63 Å². The second-order valence-corrected chi connectivity index (χ2v) is 4.40. The molecule has 0 atom stereocenters. The average molecular weight is 263 g/mol. The van der Waals surface area contributed by atoms with Crippen LogP contribution in [0.25, 0.3) is 0 Å². The number of rotatable bonds is 4. The smallest absolute Gasteiger partial charge is 0.273 e. The lowest BCUT2D eigenvalue weighted by molar-refractivity contribution is 0.0208. The van der Waals surface area contributed by atoms with Gasteiger partial charge < -0.3 is 0 Å². The Morgan fingerprint density at radius 3 is 2.81 bits per heavy atom. The third kappa shape index (κ3) is 3.96. The van der Waals surface area contributed by atoms with Gasteiger partial charge in [0.2, 0.25) is 0 Å². The second-order valence-electron chi connectivity index (χ2n) is 3.63. The van der Waals surface area contributed by atoms with Crippen molar-refractivity contribution in [3.63, 3.8) is 0 Å². The van der Waals surface area contributed by atoms with E-state index in [9.17, 15) is 4.79 Å². The first-order valence-electron chi connectivity index (χ1n) is 4.74. The van der Waals surface area contributed by atoms with Gasteiger partial charge in [-0.1, -0.05) is 37.0 Å². The SMILES string of the molecule is CC(C)CONC(=O)c1cnc(Cl)c(Cl)c1. The number of hydrogen-bond donors (Lipinski definition) is 1. The molecule has 0 spiro atoms. The molecular weight excluding hydrogens is 251 g/mol. The molecule has 88 valence electrons. The van der Waals surface area contributed by atoms with Crippen molar-refractivity contribution in [1.29, 1.82) is 0 Å². The first-order chi connectivity index (χ1) is 7.50. The van der Waals surface area contributed by atoms with Gasteiger partial charge in [-0.3, -0.25) is 9.63 Å². The molecule has 0 aliphatic carbocycles. The molecule has 6 heteroatoms. The maximum atomic E-state index is 11.5. The number of aromatic nitrogens is 1. The van der Waals surface area contributed by atoms with Gasteiger partial charge in [-0.25, -0.2) is 10.5 Å². The normalized spacial score (nSPS) is 10.6. The number of hydroxylamine groups is 1. The number of amides is 1. The standard InChI is InChI=1S/C10H12Cl2N2O2/c1-6(2)5-16-14-10(15)7-3-8(11)9(12)13-4-7/h3-4,6H,5H2,1-2H3,(H,14,15). The summed E-state index contributed by atoms with van der Waals surface area (Å²) in [6.07, 6.45) is 1.34. The van der Waals surface area contributed by atoms with E-state index in [-0.39, 0.29) is 10.2 Å². The lowest BCUT2D eigenvalue weighted by Crippen LogP contribution is -2.25. The Bertz CT molecular complexity index is 383. The van der Waals surface area contributed by atoms with Gasteiger partial charge >= 0.3 is 0 Å². The average Bonchev–Trinajstić information content (AvgIpc) is 2.21. The maximum absolute atomic E-state index is 11.5. The molecule has 16 heavy (non-hydrogen) atoms. The summed E-state index contributed by atoms with van der Waals surface area (Å²) in [5.41, 5.74) is 2.60. The van der Waals surface area contributed by atoms with E-state index in [1.165, 1.54) is 12.3 Å². The fraction of sp³-hybridized carbons (Fsp3) is 0.400. The molecule has 0 aromatic carbocycles. The molecule has 0 radical (unpaired) electrons. The predicted octanol–water partition coefficient (Wildman–Crippen LogP) is 2.71. The summed E-state index contributed by atoms with van der Waals surface area (Å²) in [4.78, 5) is 20.2. The minimum Gasteiger partial charge on any atom is -0.273 e. The number of carbonyl (C=O) groups excluding carboxylic acids is 1. The highest BCUT2D eigenvalue weighted by Gasteiger charge is 2.09. The molecule has 0 unspecified atom stereocenters. The van der Waals surface area contributed by atoms with Crippen LogP contribution in [0.2, 0.25) is 10.2 Å². The third-order valence-electron chi connectivity index (χ3n) is 1.64. The number of nitrogens with one attached hydrogen (secondary N) is 1. The molecule has 0 saturated heterocycles. The molecule has 1 heterocycles. The van der Waals surface area contributed by atoms with Crippen LogP contribution in [0.15, 0.2) is 12.3 Å². The van der Waals surface area contributed by atoms with Crippen LogP contribution < -0.4 is 5.48 Å². The largest absolute Gasteiger partial charge is 0.276 e. The van der Waals surface area contributed by atoms with Gasteiger partial charge in [-0.2, -0.15) is 0 Å². The fourth-order valence-corrected chi connectivity index (χ4v) is 1.15. The third-order valence-corrected chi connectivity index (χ3v) is 2.33. The minimum absolute atomic E-state index is 0.168. The monoisotopic (exact) mass is 262 g/mol. The highest BCUT2D eigenvalue weighted by molar-refractivity contribution is 6.41. The fourth-order valence-electron chi connectivity index (χ4n) is 0.878. The molecule has 4 nitrogen and oxygen atoms in total. The number of nitrogens with zero attached hydrogens (tertiary/aromatic N) is 1. The van der Waals surface area contributed by atoms with Gasteiger partial charge in [-0.15, -0.1) is 0 Å². The molecule has 0 aliphatic heterocycles. The van der Waals surface area contributed by atoms with E-state index < -0.39 is 5.91 Å². The highest BCUT2D eigenvalue weighted by atomic mass is 35.5. The molecule has 0 aliphatic rings. The molecule has 1 amide bonds. The van der Waals surface area contributed by atoms with Crippen LogP contribution in [-0.2, 0) is 4.84 Å². The van der Waals surface area contributed by atoms with E-state index in [2.05, 4.69) is 10.5 Å². The minimum atomic E-state index is -0.397. The predicted molar refractivity (Wildman–Crippen MR) is 62.5 cm³/mol. The summed E-state index contributed by atoms with van der Waals surface area (Å²) in [6, 6.07) is 1.44. The molecule has 0 saturated carbocycles. The Hall–Kier alpha value is -0.840. The zero-order valence-electron chi connectivity index (χ0n) is 8.96. The number of hydrogen-bond acceptors (Lipinski definition) is 3. The Morgan fingerprint density at radius 1 is 1.56 bits per heavy atom. The van der Waals surface area contributed by atoms with E-state index in [0.29, 0.717) is 18.1 Å². The van der Waals surface area contributed by atoms with Crippen molar-refractivity contribution in [3.05, 3.63) is 28.0 Å². The Balaban J connectivity index is 2.56. The van der Waals surface area contributed by atoms with Crippen molar-refractivity contribution in [2.24, 2.45) is 5.92 Å². The summed E-state index contributed by atoms with van der Waals surface area (Å²) in [5, 5.41) is 0.402. The van der Waals surface area contributed by atoms with Gasteiger partial charge in [0.25, 0.3) is 5.91 Å². The first-order valence-corrected chi connectivity index (χ1v) is 5.49. The van der Waals surface area contributed by atoms with Crippen molar-refractivity contribution in [1.82, 2.24) is 10.5 Å². The summed E-state index contributed by atoms with van der Waals surface area (Å²) in [6.45, 7) is 4.40. The van der Waals surface area contributed by atoms with Gasteiger partial charge in [0.1, 0.15) is 5.15 Å². The summed E-state index contributed by atoms with van der Waals surface area (Å²) in [5.74, 6) is -0.0565. The molecule has 1 aromatic heterocycles. The Labute approximate surface area is 104 Å². The van der Waals surface area contributed by atoms with Crippen LogP contribution in [0.4, 0.5) is 0 Å². The Morgan fingerprint density at radius 2 is 2.25 bits per heavy atom. The van der Waals surface area contributed by atoms with Gasteiger partial charge in [0.15, 0.2) is 0 Å². The summed E-state index contributed by atoms with van der Waals surface area (Å²) >= 11 is 11.4. The summed E-state index contributed by atoms with van der Waals surface area (Å²) in [7, 11) is 0. The van der Waals surface area contributed by atoms with Crippen LogP contribution in [0.5, 0.6) is 0 Å². The molecule has 1 rings (SSSR count). The number of pyridine rings is 1. The van der Waals surface area contributed by atoms with Gasteiger partial charge in [0, 0.05) is 6.20 Å². The topological polar surface area (TPSA) is 51.2 Å². The zero-order valence-corrected chi connectivity index (χ0v) is 10.5. The second kappa shape index (κ2) is 6.03. The highest BCUT2D eigenvalue weighted by Crippen LogP contribution is 2.19. The quantitative estimate of drug-likeness (QED) is 0.671.